The number of hydrogen-bond donors (Lipinski definition) is 2. The van der Waals surface area contributed by atoms with E-state index in [9.17, 15) is 13.2 Å². The molecule has 0 heterocycles. The largest absolute Gasteiger partial charge is 0.348 e. The molecule has 126 valence electrons. The molecule has 2 aromatic carbocycles. The van der Waals surface area contributed by atoms with Gasteiger partial charge in [0.15, 0.2) is 0 Å². The van der Waals surface area contributed by atoms with Crippen LogP contribution in [0.5, 0.6) is 0 Å². The maximum Gasteiger partial charge on any atom is 0.251 e. The van der Waals surface area contributed by atoms with Crippen LogP contribution in [0.3, 0.4) is 0 Å². The fourth-order valence-electron chi connectivity index (χ4n) is 2.22. The van der Waals surface area contributed by atoms with Crippen LogP contribution in [-0.4, -0.2) is 20.4 Å². The Bertz CT molecular complexity index is 864. The first-order chi connectivity index (χ1) is 11.4. The Labute approximate surface area is 146 Å². The molecule has 0 spiro atoms. The number of halogens is 1. The first kappa shape index (κ1) is 17.0. The van der Waals surface area contributed by atoms with Crippen molar-refractivity contribution in [2.24, 2.45) is 0 Å². The quantitative estimate of drug-likeness (QED) is 0.827. The van der Waals surface area contributed by atoms with E-state index in [2.05, 4.69) is 10.0 Å². The summed E-state index contributed by atoms with van der Waals surface area (Å²) in [5.74, 6) is -0.335. The monoisotopic (exact) mass is 364 g/mol. The average Bonchev–Trinajstić information content (AvgIpc) is 3.36. The average molecular weight is 365 g/mol. The number of benzene rings is 2. The van der Waals surface area contributed by atoms with Gasteiger partial charge in [0, 0.05) is 23.2 Å². The van der Waals surface area contributed by atoms with Gasteiger partial charge in [-0.3, -0.25) is 4.79 Å². The highest BCUT2D eigenvalue weighted by molar-refractivity contribution is 7.89. The molecule has 0 aromatic heterocycles. The standard InChI is InChI=1S/C17H17ClN2O3S/c18-14-5-1-3-12(9-14)11-19-17(21)13-4-2-6-16(10-13)24(22,23)20-15-7-8-15/h1-6,9-10,15,20H,7-8,11H2,(H,19,21). The molecule has 1 aliphatic carbocycles. The molecule has 2 N–H and O–H groups in total. The highest BCUT2D eigenvalue weighted by Gasteiger charge is 2.28. The molecular weight excluding hydrogens is 348 g/mol. The third-order valence-corrected chi connectivity index (χ3v) is 5.40. The smallest absolute Gasteiger partial charge is 0.251 e. The van der Waals surface area contributed by atoms with E-state index in [1.807, 2.05) is 6.07 Å². The number of nitrogens with one attached hydrogen (secondary N) is 2. The Kier molecular flexibility index (Phi) is 4.89. The van der Waals surface area contributed by atoms with Crippen molar-refractivity contribution in [3.05, 3.63) is 64.7 Å². The van der Waals surface area contributed by atoms with Gasteiger partial charge >= 0.3 is 0 Å². The Morgan fingerprint density at radius 1 is 1.12 bits per heavy atom. The number of carbonyl (C=O) groups is 1. The van der Waals surface area contributed by atoms with Crippen molar-refractivity contribution in [3.8, 4) is 0 Å². The maximum atomic E-state index is 12.3. The lowest BCUT2D eigenvalue weighted by atomic mass is 10.2. The highest BCUT2D eigenvalue weighted by atomic mass is 35.5. The molecule has 7 heteroatoms. The molecular formula is C17H17ClN2O3S. The first-order valence-corrected chi connectivity index (χ1v) is 9.45. The summed E-state index contributed by atoms with van der Waals surface area (Å²) in [4.78, 5) is 12.4. The molecule has 0 bridgehead atoms. The molecule has 1 saturated carbocycles. The number of carbonyl (C=O) groups excluding carboxylic acids is 1. The molecule has 1 fully saturated rings. The van der Waals surface area contributed by atoms with Crippen LogP contribution in [0.4, 0.5) is 0 Å². The van der Waals surface area contributed by atoms with E-state index >= 15 is 0 Å². The lowest BCUT2D eigenvalue weighted by Crippen LogP contribution is -2.27. The minimum absolute atomic E-state index is 0.0234. The van der Waals surface area contributed by atoms with E-state index in [0.29, 0.717) is 17.1 Å². The van der Waals surface area contributed by atoms with E-state index in [1.54, 1.807) is 30.3 Å². The summed E-state index contributed by atoms with van der Waals surface area (Å²) < 4.78 is 27.0. The van der Waals surface area contributed by atoms with Crippen LogP contribution in [0.25, 0.3) is 0 Å². The van der Waals surface area contributed by atoms with Crippen LogP contribution < -0.4 is 10.0 Å². The van der Waals surface area contributed by atoms with Gasteiger partial charge in [-0.05, 0) is 48.7 Å². The first-order valence-electron chi connectivity index (χ1n) is 7.59. The SMILES string of the molecule is O=C(NCc1cccc(Cl)c1)c1cccc(S(=O)(=O)NC2CC2)c1. The van der Waals surface area contributed by atoms with Crippen molar-refractivity contribution in [1.29, 1.82) is 0 Å². The molecule has 1 amide bonds. The lowest BCUT2D eigenvalue weighted by Gasteiger charge is -2.09. The number of rotatable bonds is 6. The summed E-state index contributed by atoms with van der Waals surface area (Å²) in [5, 5.41) is 3.36. The maximum absolute atomic E-state index is 12.3. The van der Waals surface area contributed by atoms with Crippen molar-refractivity contribution in [1.82, 2.24) is 10.0 Å². The third-order valence-electron chi connectivity index (χ3n) is 3.65. The van der Waals surface area contributed by atoms with Crippen LogP contribution in [0, 0.1) is 0 Å². The van der Waals surface area contributed by atoms with Crippen LogP contribution in [0.2, 0.25) is 5.02 Å². The van der Waals surface area contributed by atoms with Gasteiger partial charge in [0.05, 0.1) is 4.90 Å². The van der Waals surface area contributed by atoms with Gasteiger partial charge < -0.3 is 5.32 Å². The Balaban J connectivity index is 1.70. The summed E-state index contributed by atoms with van der Waals surface area (Å²) >= 11 is 5.91. The van der Waals surface area contributed by atoms with Gasteiger partial charge in [-0.25, -0.2) is 13.1 Å². The van der Waals surface area contributed by atoms with E-state index < -0.39 is 10.0 Å². The van der Waals surface area contributed by atoms with Gasteiger partial charge in [-0.15, -0.1) is 0 Å². The van der Waals surface area contributed by atoms with Crippen molar-refractivity contribution in [3.63, 3.8) is 0 Å². The van der Waals surface area contributed by atoms with Gasteiger partial charge in [0.1, 0.15) is 0 Å². The van der Waals surface area contributed by atoms with Crippen molar-refractivity contribution >= 4 is 27.5 Å². The van der Waals surface area contributed by atoms with Crippen molar-refractivity contribution in [2.75, 3.05) is 0 Å². The molecule has 0 unspecified atom stereocenters. The van der Waals surface area contributed by atoms with E-state index in [0.717, 1.165) is 18.4 Å². The zero-order valence-corrected chi connectivity index (χ0v) is 14.4. The summed E-state index contributed by atoms with van der Waals surface area (Å²) in [6, 6.07) is 13.2. The zero-order chi connectivity index (χ0) is 17.2. The van der Waals surface area contributed by atoms with E-state index in [1.165, 1.54) is 12.1 Å². The number of sulfonamides is 1. The van der Waals surface area contributed by atoms with Gasteiger partial charge in [0.25, 0.3) is 5.91 Å². The predicted molar refractivity (Wildman–Crippen MR) is 92.4 cm³/mol. The van der Waals surface area contributed by atoms with Crippen molar-refractivity contribution < 1.29 is 13.2 Å². The lowest BCUT2D eigenvalue weighted by molar-refractivity contribution is 0.0950. The molecule has 1 aliphatic rings. The summed E-state index contributed by atoms with van der Waals surface area (Å²) in [6.45, 7) is 0.316. The Hall–Kier alpha value is -1.89. The molecule has 5 nitrogen and oxygen atoms in total. The van der Waals surface area contributed by atoms with Crippen LogP contribution in [-0.2, 0) is 16.6 Å². The highest BCUT2D eigenvalue weighted by Crippen LogP contribution is 2.22. The van der Waals surface area contributed by atoms with Crippen LogP contribution in [0.1, 0.15) is 28.8 Å². The molecule has 3 rings (SSSR count). The molecule has 24 heavy (non-hydrogen) atoms. The molecule has 0 aliphatic heterocycles. The fraction of sp³-hybridized carbons (Fsp3) is 0.235. The fourth-order valence-corrected chi connectivity index (χ4v) is 3.79. The number of amides is 1. The predicted octanol–water partition coefficient (Wildman–Crippen LogP) is 2.71. The van der Waals surface area contributed by atoms with Gasteiger partial charge in [0.2, 0.25) is 10.0 Å². The molecule has 0 saturated heterocycles. The van der Waals surface area contributed by atoms with Crippen molar-refractivity contribution in [2.45, 2.75) is 30.3 Å². The number of hydrogen-bond acceptors (Lipinski definition) is 3. The summed E-state index contributed by atoms with van der Waals surface area (Å²) in [7, 11) is -3.57. The van der Waals surface area contributed by atoms with Gasteiger partial charge in [-0.2, -0.15) is 0 Å². The Morgan fingerprint density at radius 2 is 1.88 bits per heavy atom. The molecule has 2 aromatic rings. The summed E-state index contributed by atoms with van der Waals surface area (Å²) in [6.07, 6.45) is 1.72. The van der Waals surface area contributed by atoms with E-state index in [4.69, 9.17) is 11.6 Å². The van der Waals surface area contributed by atoms with Gasteiger partial charge in [-0.1, -0.05) is 29.8 Å². The molecule has 0 radical (unpaired) electrons. The van der Waals surface area contributed by atoms with E-state index in [-0.39, 0.29) is 16.8 Å². The zero-order valence-electron chi connectivity index (χ0n) is 12.8. The second-order valence-electron chi connectivity index (χ2n) is 5.74. The third kappa shape index (κ3) is 4.35. The molecule has 0 atom stereocenters. The van der Waals surface area contributed by atoms with Crippen LogP contribution in [0.15, 0.2) is 53.4 Å². The summed E-state index contributed by atoms with van der Waals surface area (Å²) in [5.41, 5.74) is 1.17. The minimum atomic E-state index is -3.57. The normalized spacial score (nSPS) is 14.4. The minimum Gasteiger partial charge on any atom is -0.348 e. The van der Waals surface area contributed by atoms with Crippen LogP contribution >= 0.6 is 11.6 Å². The Morgan fingerprint density at radius 3 is 2.58 bits per heavy atom. The topological polar surface area (TPSA) is 75.3 Å². The second kappa shape index (κ2) is 6.93. The second-order valence-corrected chi connectivity index (χ2v) is 7.89.